The lowest BCUT2D eigenvalue weighted by Gasteiger charge is -2.29. The fraction of sp³-hybridized carbons (Fsp3) is 0.367. The zero-order chi connectivity index (χ0) is 26.4. The van der Waals surface area contributed by atoms with E-state index in [1.165, 1.54) is 0 Å². The number of amides is 3. The number of benzene rings is 3. The molecule has 3 amide bonds. The SMILES string of the molecule is CCCCNC(=O)C(C)N(Cc1cccc(OC)c1)C(=O)CCCN1C(=O)c2cccc3cccc1c23. The van der Waals surface area contributed by atoms with Crippen LogP contribution in [0.4, 0.5) is 5.69 Å². The largest absolute Gasteiger partial charge is 0.497 e. The summed E-state index contributed by atoms with van der Waals surface area (Å²) in [5.41, 5.74) is 2.48. The smallest absolute Gasteiger partial charge is 0.258 e. The van der Waals surface area contributed by atoms with Crippen LogP contribution in [0.3, 0.4) is 0 Å². The number of nitrogens with one attached hydrogen (secondary N) is 1. The van der Waals surface area contributed by atoms with E-state index in [0.717, 1.165) is 34.9 Å². The summed E-state index contributed by atoms with van der Waals surface area (Å²) in [5.74, 6) is 0.382. The molecule has 0 fully saturated rings. The van der Waals surface area contributed by atoms with E-state index in [-0.39, 0.29) is 24.1 Å². The summed E-state index contributed by atoms with van der Waals surface area (Å²) in [7, 11) is 1.60. The van der Waals surface area contributed by atoms with Gasteiger partial charge in [0.15, 0.2) is 0 Å². The number of unbranched alkanes of at least 4 members (excludes halogenated alkanes) is 1. The molecule has 4 rings (SSSR count). The first-order valence-corrected chi connectivity index (χ1v) is 13.0. The van der Waals surface area contributed by atoms with Crippen LogP contribution in [0, 0.1) is 0 Å². The van der Waals surface area contributed by atoms with Gasteiger partial charge < -0.3 is 19.9 Å². The monoisotopic (exact) mass is 501 g/mol. The predicted molar refractivity (Wildman–Crippen MR) is 146 cm³/mol. The van der Waals surface area contributed by atoms with Gasteiger partial charge in [0.1, 0.15) is 11.8 Å². The molecule has 1 atom stereocenters. The van der Waals surface area contributed by atoms with Crippen molar-refractivity contribution in [3.05, 3.63) is 71.8 Å². The molecule has 1 N–H and O–H groups in total. The van der Waals surface area contributed by atoms with Gasteiger partial charge in [-0.05, 0) is 55.0 Å². The highest BCUT2D eigenvalue weighted by molar-refractivity contribution is 6.25. The lowest BCUT2D eigenvalue weighted by Crippen LogP contribution is -2.47. The van der Waals surface area contributed by atoms with Crippen LogP contribution >= 0.6 is 0 Å². The highest BCUT2D eigenvalue weighted by Crippen LogP contribution is 2.37. The Kier molecular flexibility index (Phi) is 8.43. The molecular weight excluding hydrogens is 466 g/mol. The van der Waals surface area contributed by atoms with Crippen molar-refractivity contribution in [3.63, 3.8) is 0 Å². The molecule has 0 bridgehead atoms. The summed E-state index contributed by atoms with van der Waals surface area (Å²) in [6.45, 7) is 5.15. The fourth-order valence-electron chi connectivity index (χ4n) is 4.82. The van der Waals surface area contributed by atoms with Crippen LogP contribution in [0.2, 0.25) is 0 Å². The van der Waals surface area contributed by atoms with E-state index in [4.69, 9.17) is 4.74 Å². The molecule has 37 heavy (non-hydrogen) atoms. The van der Waals surface area contributed by atoms with Gasteiger partial charge in [-0.3, -0.25) is 14.4 Å². The number of carbonyl (C=O) groups is 3. The third-order valence-corrected chi connectivity index (χ3v) is 6.91. The van der Waals surface area contributed by atoms with Crippen LogP contribution in [-0.4, -0.2) is 48.9 Å². The maximum Gasteiger partial charge on any atom is 0.258 e. The molecule has 0 aromatic heterocycles. The Morgan fingerprint density at radius 2 is 1.81 bits per heavy atom. The molecule has 194 valence electrons. The number of methoxy groups -OCH3 is 1. The Bertz CT molecular complexity index is 1280. The molecule has 3 aromatic carbocycles. The number of nitrogens with zero attached hydrogens (tertiary/aromatic N) is 2. The van der Waals surface area contributed by atoms with Crippen molar-refractivity contribution < 1.29 is 19.1 Å². The van der Waals surface area contributed by atoms with Crippen LogP contribution in [0.25, 0.3) is 10.8 Å². The molecular formula is C30H35N3O4. The average Bonchev–Trinajstić information content (AvgIpc) is 3.19. The predicted octanol–water partition coefficient (Wildman–Crippen LogP) is 4.92. The highest BCUT2D eigenvalue weighted by atomic mass is 16.5. The van der Waals surface area contributed by atoms with E-state index in [2.05, 4.69) is 12.2 Å². The van der Waals surface area contributed by atoms with Crippen LogP contribution in [0.1, 0.15) is 55.5 Å². The molecule has 1 aliphatic rings. The van der Waals surface area contributed by atoms with Crippen molar-refractivity contribution in [1.29, 1.82) is 0 Å². The number of anilines is 1. The third-order valence-electron chi connectivity index (χ3n) is 6.91. The second-order valence-electron chi connectivity index (χ2n) is 9.43. The molecule has 0 spiro atoms. The third kappa shape index (κ3) is 5.77. The Morgan fingerprint density at radius 1 is 1.05 bits per heavy atom. The van der Waals surface area contributed by atoms with Gasteiger partial charge in [0.2, 0.25) is 11.8 Å². The quantitative estimate of drug-likeness (QED) is 0.357. The van der Waals surface area contributed by atoms with Crippen LogP contribution in [-0.2, 0) is 16.1 Å². The van der Waals surface area contributed by atoms with E-state index in [0.29, 0.717) is 37.4 Å². The zero-order valence-electron chi connectivity index (χ0n) is 21.8. The lowest BCUT2D eigenvalue weighted by molar-refractivity contribution is -0.140. The number of rotatable bonds is 12. The Labute approximate surface area is 218 Å². The topological polar surface area (TPSA) is 79.0 Å². The van der Waals surface area contributed by atoms with Gasteiger partial charge >= 0.3 is 0 Å². The van der Waals surface area contributed by atoms with E-state index < -0.39 is 6.04 Å². The Balaban J connectivity index is 1.45. The minimum atomic E-state index is -0.623. The summed E-state index contributed by atoms with van der Waals surface area (Å²) >= 11 is 0. The van der Waals surface area contributed by atoms with Crippen molar-refractivity contribution in [2.75, 3.05) is 25.1 Å². The first-order valence-electron chi connectivity index (χ1n) is 13.0. The van der Waals surface area contributed by atoms with E-state index in [1.807, 2.05) is 60.7 Å². The molecule has 0 saturated carbocycles. The number of carbonyl (C=O) groups excluding carboxylic acids is 3. The zero-order valence-corrected chi connectivity index (χ0v) is 21.8. The summed E-state index contributed by atoms with van der Waals surface area (Å²) in [6, 6.07) is 18.6. The second kappa shape index (κ2) is 11.9. The van der Waals surface area contributed by atoms with Crippen molar-refractivity contribution in [2.45, 2.75) is 52.1 Å². The highest BCUT2D eigenvalue weighted by Gasteiger charge is 2.30. The maximum atomic E-state index is 13.5. The molecule has 1 heterocycles. The molecule has 0 radical (unpaired) electrons. The normalized spacial score (nSPS) is 13.1. The average molecular weight is 502 g/mol. The fourth-order valence-corrected chi connectivity index (χ4v) is 4.82. The van der Waals surface area contributed by atoms with E-state index >= 15 is 0 Å². The van der Waals surface area contributed by atoms with Gasteiger partial charge in [-0.2, -0.15) is 0 Å². The van der Waals surface area contributed by atoms with Crippen molar-refractivity contribution in [2.24, 2.45) is 0 Å². The van der Waals surface area contributed by atoms with E-state index in [1.54, 1.807) is 23.8 Å². The second-order valence-corrected chi connectivity index (χ2v) is 9.43. The Hall–Kier alpha value is -3.87. The summed E-state index contributed by atoms with van der Waals surface area (Å²) in [5, 5.41) is 4.95. The first-order chi connectivity index (χ1) is 17.9. The first kappa shape index (κ1) is 26.2. The number of hydrogen-bond donors (Lipinski definition) is 1. The van der Waals surface area contributed by atoms with Gasteiger partial charge in [0, 0.05) is 37.0 Å². The summed E-state index contributed by atoms with van der Waals surface area (Å²) < 4.78 is 5.33. The van der Waals surface area contributed by atoms with Crippen LogP contribution in [0.15, 0.2) is 60.7 Å². The standard InChI is InChI=1S/C30H35N3O4/c1-4-5-17-31-29(35)21(2)33(20-22-10-6-13-24(19-22)37-3)27(34)16-9-18-32-26-15-8-12-23-11-7-14-25(28(23)26)30(32)36/h6-8,10-15,19,21H,4-5,9,16-18,20H2,1-3H3,(H,31,35). The van der Waals surface area contributed by atoms with Gasteiger partial charge in [-0.25, -0.2) is 0 Å². The van der Waals surface area contributed by atoms with Crippen molar-refractivity contribution in [3.8, 4) is 5.75 Å². The number of hydrogen-bond acceptors (Lipinski definition) is 4. The van der Waals surface area contributed by atoms with Gasteiger partial charge in [0.05, 0.1) is 12.8 Å². The van der Waals surface area contributed by atoms with Gasteiger partial charge in [0.25, 0.3) is 5.91 Å². The molecule has 0 saturated heterocycles. The summed E-state index contributed by atoms with van der Waals surface area (Å²) in [6.07, 6.45) is 2.59. The molecule has 7 heteroatoms. The maximum absolute atomic E-state index is 13.5. The Morgan fingerprint density at radius 3 is 2.57 bits per heavy atom. The van der Waals surface area contributed by atoms with Gasteiger partial charge in [-0.1, -0.05) is 49.7 Å². The molecule has 1 aliphatic heterocycles. The van der Waals surface area contributed by atoms with Crippen LogP contribution < -0.4 is 15.0 Å². The minimum Gasteiger partial charge on any atom is -0.497 e. The van der Waals surface area contributed by atoms with Gasteiger partial charge in [-0.15, -0.1) is 0 Å². The van der Waals surface area contributed by atoms with Crippen molar-refractivity contribution in [1.82, 2.24) is 10.2 Å². The van der Waals surface area contributed by atoms with Crippen molar-refractivity contribution >= 4 is 34.2 Å². The molecule has 3 aromatic rings. The van der Waals surface area contributed by atoms with Crippen LogP contribution in [0.5, 0.6) is 5.75 Å². The molecule has 0 aliphatic carbocycles. The molecule has 1 unspecified atom stereocenters. The minimum absolute atomic E-state index is 0.0313. The molecule has 7 nitrogen and oxygen atoms in total. The van der Waals surface area contributed by atoms with E-state index in [9.17, 15) is 14.4 Å². The lowest BCUT2D eigenvalue weighted by atomic mass is 10.1. The number of ether oxygens (including phenoxy) is 1. The summed E-state index contributed by atoms with van der Waals surface area (Å²) in [4.78, 5) is 42.8.